The lowest BCUT2D eigenvalue weighted by molar-refractivity contribution is 1.21. The molecular weight excluding hydrogens is 214 g/mol. The van der Waals surface area contributed by atoms with E-state index in [1.54, 1.807) is 12.5 Å². The van der Waals surface area contributed by atoms with E-state index in [-0.39, 0.29) is 0 Å². The molecule has 0 fully saturated rings. The molecule has 0 unspecified atom stereocenters. The Labute approximate surface area is 99.8 Å². The summed E-state index contributed by atoms with van der Waals surface area (Å²) in [6.45, 7) is 2.03. The molecule has 0 atom stereocenters. The SMILES string of the molecule is CNc1ncnc2cc(N/C=C\N)c(C)cc12. The molecule has 4 N–H and O–H groups in total. The van der Waals surface area contributed by atoms with Gasteiger partial charge in [0.05, 0.1) is 5.52 Å². The van der Waals surface area contributed by atoms with Gasteiger partial charge in [-0.1, -0.05) is 0 Å². The minimum atomic E-state index is 0.832. The molecule has 0 radical (unpaired) electrons. The highest BCUT2D eigenvalue weighted by Gasteiger charge is 2.05. The van der Waals surface area contributed by atoms with Crippen LogP contribution in [-0.4, -0.2) is 17.0 Å². The number of aryl methyl sites for hydroxylation is 1. The van der Waals surface area contributed by atoms with Crippen LogP contribution in [0.2, 0.25) is 0 Å². The van der Waals surface area contributed by atoms with Crippen LogP contribution in [0.25, 0.3) is 10.9 Å². The lowest BCUT2D eigenvalue weighted by Gasteiger charge is -2.09. The molecule has 1 aromatic heterocycles. The molecule has 2 aromatic rings. The molecule has 0 aliphatic rings. The van der Waals surface area contributed by atoms with Crippen LogP contribution in [0, 0.1) is 6.92 Å². The zero-order valence-electron chi connectivity index (χ0n) is 9.86. The Bertz CT molecular complexity index is 562. The Morgan fingerprint density at radius 1 is 1.29 bits per heavy atom. The summed E-state index contributed by atoms with van der Waals surface area (Å²) in [4.78, 5) is 8.43. The summed E-state index contributed by atoms with van der Waals surface area (Å²) in [6, 6.07) is 4.03. The summed E-state index contributed by atoms with van der Waals surface area (Å²) < 4.78 is 0. The molecule has 5 heteroatoms. The summed E-state index contributed by atoms with van der Waals surface area (Å²) in [6.07, 6.45) is 4.70. The molecule has 1 aromatic carbocycles. The van der Waals surface area contributed by atoms with Gasteiger partial charge in [0.25, 0.3) is 0 Å². The van der Waals surface area contributed by atoms with Crippen LogP contribution in [0.3, 0.4) is 0 Å². The standard InChI is InChI=1S/C12H15N5/c1-8-5-9-11(6-10(8)15-4-3-13)16-7-17-12(9)14-2/h3-7,15H,13H2,1-2H3,(H,14,16,17)/b4-3-. The van der Waals surface area contributed by atoms with E-state index >= 15 is 0 Å². The van der Waals surface area contributed by atoms with E-state index in [9.17, 15) is 0 Å². The molecule has 0 aliphatic carbocycles. The van der Waals surface area contributed by atoms with Crippen molar-refractivity contribution in [2.45, 2.75) is 6.92 Å². The molecule has 88 valence electrons. The third-order valence-corrected chi connectivity index (χ3v) is 2.55. The molecule has 0 saturated carbocycles. The Morgan fingerprint density at radius 2 is 2.12 bits per heavy atom. The van der Waals surface area contributed by atoms with Gasteiger partial charge in [-0.2, -0.15) is 0 Å². The fraction of sp³-hybridized carbons (Fsp3) is 0.167. The van der Waals surface area contributed by atoms with Crippen LogP contribution in [0.5, 0.6) is 0 Å². The van der Waals surface area contributed by atoms with Gasteiger partial charge >= 0.3 is 0 Å². The molecule has 0 spiro atoms. The number of rotatable bonds is 3. The Hall–Kier alpha value is -2.30. The topological polar surface area (TPSA) is 75.9 Å². The Balaban J connectivity index is 2.57. The molecule has 0 bridgehead atoms. The van der Waals surface area contributed by atoms with Crippen LogP contribution >= 0.6 is 0 Å². The second kappa shape index (κ2) is 4.69. The summed E-state index contributed by atoms with van der Waals surface area (Å²) in [5.41, 5.74) is 8.30. The van der Waals surface area contributed by atoms with Crippen molar-refractivity contribution in [3.63, 3.8) is 0 Å². The van der Waals surface area contributed by atoms with Crippen molar-refractivity contribution in [1.82, 2.24) is 9.97 Å². The maximum absolute atomic E-state index is 5.31. The lowest BCUT2D eigenvalue weighted by Crippen LogP contribution is -1.98. The number of fused-ring (bicyclic) bond motifs is 1. The minimum Gasteiger partial charge on any atom is -0.403 e. The van der Waals surface area contributed by atoms with Gasteiger partial charge in [0, 0.05) is 30.5 Å². The van der Waals surface area contributed by atoms with Crippen molar-refractivity contribution in [2.24, 2.45) is 5.73 Å². The number of benzene rings is 1. The quantitative estimate of drug-likeness (QED) is 0.748. The fourth-order valence-corrected chi connectivity index (χ4v) is 1.70. The number of aromatic nitrogens is 2. The van der Waals surface area contributed by atoms with Crippen LogP contribution in [0.4, 0.5) is 11.5 Å². The highest BCUT2D eigenvalue weighted by Crippen LogP contribution is 2.25. The summed E-state index contributed by atoms with van der Waals surface area (Å²) >= 11 is 0. The van der Waals surface area contributed by atoms with Gasteiger partial charge in [-0.25, -0.2) is 9.97 Å². The number of nitrogens with zero attached hydrogens (tertiary/aromatic N) is 2. The highest BCUT2D eigenvalue weighted by atomic mass is 15.0. The van der Waals surface area contributed by atoms with E-state index in [2.05, 4.69) is 20.6 Å². The highest BCUT2D eigenvalue weighted by molar-refractivity contribution is 5.92. The third kappa shape index (κ3) is 2.13. The van der Waals surface area contributed by atoms with Gasteiger partial charge in [0.2, 0.25) is 0 Å². The van der Waals surface area contributed by atoms with Crippen LogP contribution in [0.1, 0.15) is 5.56 Å². The summed E-state index contributed by atoms with van der Waals surface area (Å²) in [5, 5.41) is 7.17. The fourth-order valence-electron chi connectivity index (χ4n) is 1.70. The minimum absolute atomic E-state index is 0.832. The van der Waals surface area contributed by atoms with Gasteiger partial charge in [-0.3, -0.25) is 0 Å². The van der Waals surface area contributed by atoms with Crippen molar-refractivity contribution >= 4 is 22.4 Å². The molecule has 17 heavy (non-hydrogen) atoms. The van der Waals surface area contributed by atoms with Crippen LogP contribution in [-0.2, 0) is 0 Å². The Kier molecular flexibility index (Phi) is 3.09. The van der Waals surface area contributed by atoms with E-state index in [4.69, 9.17) is 5.73 Å². The predicted octanol–water partition coefficient (Wildman–Crippen LogP) is 1.82. The number of nitrogens with two attached hydrogens (primary N) is 1. The van der Waals surface area contributed by atoms with E-state index in [0.717, 1.165) is 28.0 Å². The summed E-state index contributed by atoms with van der Waals surface area (Å²) in [7, 11) is 1.85. The maximum atomic E-state index is 5.31. The zero-order valence-corrected chi connectivity index (χ0v) is 9.86. The first-order valence-corrected chi connectivity index (χ1v) is 5.32. The van der Waals surface area contributed by atoms with Crippen LogP contribution < -0.4 is 16.4 Å². The molecule has 1 heterocycles. The van der Waals surface area contributed by atoms with Gasteiger partial charge in [0.15, 0.2) is 0 Å². The average Bonchev–Trinajstić information content (AvgIpc) is 2.35. The van der Waals surface area contributed by atoms with Gasteiger partial charge < -0.3 is 16.4 Å². The van der Waals surface area contributed by atoms with Crippen molar-refractivity contribution in [1.29, 1.82) is 0 Å². The van der Waals surface area contributed by atoms with Crippen molar-refractivity contribution in [3.8, 4) is 0 Å². The zero-order chi connectivity index (χ0) is 12.3. The molecule has 0 amide bonds. The van der Waals surface area contributed by atoms with Gasteiger partial charge in [-0.05, 0) is 24.6 Å². The van der Waals surface area contributed by atoms with Crippen LogP contribution in [0.15, 0.2) is 30.9 Å². The van der Waals surface area contributed by atoms with Crippen molar-refractivity contribution in [2.75, 3.05) is 17.7 Å². The second-order valence-corrected chi connectivity index (χ2v) is 3.66. The maximum Gasteiger partial charge on any atom is 0.137 e. The molecule has 2 rings (SSSR count). The summed E-state index contributed by atoms with van der Waals surface area (Å²) in [5.74, 6) is 0.832. The van der Waals surface area contributed by atoms with E-state index in [0.29, 0.717) is 0 Å². The molecule has 0 aliphatic heterocycles. The van der Waals surface area contributed by atoms with E-state index < -0.39 is 0 Å². The molecule has 5 nitrogen and oxygen atoms in total. The number of anilines is 2. The Morgan fingerprint density at radius 3 is 2.82 bits per heavy atom. The molecular formula is C12H15N5. The van der Waals surface area contributed by atoms with Crippen molar-refractivity contribution < 1.29 is 0 Å². The van der Waals surface area contributed by atoms with E-state index in [1.807, 2.05) is 26.1 Å². The predicted molar refractivity (Wildman–Crippen MR) is 70.8 cm³/mol. The smallest absolute Gasteiger partial charge is 0.137 e. The second-order valence-electron chi connectivity index (χ2n) is 3.66. The molecule has 0 saturated heterocycles. The monoisotopic (exact) mass is 229 g/mol. The first kappa shape index (κ1) is 11.2. The number of hydrogen-bond acceptors (Lipinski definition) is 5. The van der Waals surface area contributed by atoms with Gasteiger partial charge in [-0.15, -0.1) is 0 Å². The first-order valence-electron chi connectivity index (χ1n) is 5.32. The average molecular weight is 229 g/mol. The normalized spacial score (nSPS) is 10.9. The van der Waals surface area contributed by atoms with Crippen molar-refractivity contribution in [3.05, 3.63) is 36.4 Å². The lowest BCUT2D eigenvalue weighted by atomic mass is 10.1. The number of nitrogens with one attached hydrogen (secondary N) is 2. The third-order valence-electron chi connectivity index (χ3n) is 2.55. The van der Waals surface area contributed by atoms with Gasteiger partial charge in [0.1, 0.15) is 12.1 Å². The largest absolute Gasteiger partial charge is 0.403 e. The van der Waals surface area contributed by atoms with E-state index in [1.165, 1.54) is 6.20 Å². The first-order chi connectivity index (χ1) is 8.26. The number of hydrogen-bond donors (Lipinski definition) is 3.